The van der Waals surface area contributed by atoms with Crippen LogP contribution in [0.15, 0.2) is 48.5 Å². The normalized spacial score (nSPS) is 10.3. The van der Waals surface area contributed by atoms with Crippen molar-refractivity contribution in [2.45, 2.75) is 20.4 Å². The van der Waals surface area contributed by atoms with Crippen LogP contribution in [0.5, 0.6) is 11.5 Å². The number of benzene rings is 2. The van der Waals surface area contributed by atoms with Crippen molar-refractivity contribution in [1.82, 2.24) is 15.5 Å². The number of ether oxygens (including phenoxy) is 2. The van der Waals surface area contributed by atoms with E-state index in [2.05, 4.69) is 20.8 Å². The Morgan fingerprint density at radius 1 is 0.931 bits per heavy atom. The molecule has 0 saturated carbocycles. The number of nitrogens with zero attached hydrogens (tertiary/aromatic N) is 2. The van der Waals surface area contributed by atoms with Gasteiger partial charge in [-0.25, -0.2) is 0 Å². The van der Waals surface area contributed by atoms with Crippen molar-refractivity contribution >= 4 is 17.4 Å². The maximum Gasteiger partial charge on any atom is 0.272 e. The van der Waals surface area contributed by atoms with Gasteiger partial charge in [0.25, 0.3) is 5.91 Å². The predicted octanol–water partition coefficient (Wildman–Crippen LogP) is 3.78. The van der Waals surface area contributed by atoms with Crippen LogP contribution in [-0.2, 0) is 6.54 Å². The smallest absolute Gasteiger partial charge is 0.272 e. The Morgan fingerprint density at radius 2 is 1.66 bits per heavy atom. The SMILES string of the molecule is COc1ccc(CNC(=O)c2ccc(Nc3c(C)cccc3C)nn2)cc1OC. The van der Waals surface area contributed by atoms with E-state index < -0.39 is 0 Å². The van der Waals surface area contributed by atoms with Gasteiger partial charge in [-0.3, -0.25) is 4.79 Å². The van der Waals surface area contributed by atoms with E-state index >= 15 is 0 Å². The van der Waals surface area contributed by atoms with Crippen molar-refractivity contribution in [3.63, 3.8) is 0 Å². The Hall–Kier alpha value is -3.61. The third-order valence-electron chi connectivity index (χ3n) is 4.53. The van der Waals surface area contributed by atoms with Crippen molar-refractivity contribution in [2.75, 3.05) is 19.5 Å². The number of methoxy groups -OCH3 is 2. The van der Waals surface area contributed by atoms with Crippen molar-refractivity contribution in [3.05, 3.63) is 70.9 Å². The quantitative estimate of drug-likeness (QED) is 0.636. The molecule has 0 aliphatic heterocycles. The molecule has 3 rings (SSSR count). The average molecular weight is 392 g/mol. The highest BCUT2D eigenvalue weighted by atomic mass is 16.5. The first kappa shape index (κ1) is 20.1. The third-order valence-corrected chi connectivity index (χ3v) is 4.53. The number of rotatable bonds is 7. The van der Waals surface area contributed by atoms with E-state index in [-0.39, 0.29) is 11.6 Å². The van der Waals surface area contributed by atoms with Crippen LogP contribution in [-0.4, -0.2) is 30.3 Å². The minimum absolute atomic E-state index is 0.248. The molecule has 7 nitrogen and oxygen atoms in total. The summed E-state index contributed by atoms with van der Waals surface area (Å²) < 4.78 is 10.5. The second-order valence-electron chi connectivity index (χ2n) is 6.57. The fraction of sp³-hybridized carbons (Fsp3) is 0.227. The Bertz CT molecular complexity index is 983. The molecule has 0 unspecified atom stereocenters. The van der Waals surface area contributed by atoms with E-state index in [1.54, 1.807) is 32.4 Å². The molecule has 150 valence electrons. The van der Waals surface area contributed by atoms with Gasteiger partial charge in [0.2, 0.25) is 0 Å². The zero-order chi connectivity index (χ0) is 20.8. The summed E-state index contributed by atoms with van der Waals surface area (Å²) in [6.45, 7) is 4.39. The van der Waals surface area contributed by atoms with E-state index in [0.29, 0.717) is 23.9 Å². The molecule has 0 bridgehead atoms. The average Bonchev–Trinajstić information content (AvgIpc) is 2.75. The van der Waals surface area contributed by atoms with Crippen LogP contribution in [0.2, 0.25) is 0 Å². The molecule has 0 aliphatic carbocycles. The fourth-order valence-electron chi connectivity index (χ4n) is 2.92. The molecule has 7 heteroatoms. The van der Waals surface area contributed by atoms with Gasteiger partial charge in [0.05, 0.1) is 14.2 Å². The lowest BCUT2D eigenvalue weighted by molar-refractivity contribution is 0.0945. The summed E-state index contributed by atoms with van der Waals surface area (Å²) in [5, 5.41) is 14.3. The summed E-state index contributed by atoms with van der Waals surface area (Å²) in [5.41, 5.74) is 4.36. The first-order valence-corrected chi connectivity index (χ1v) is 9.18. The van der Waals surface area contributed by atoms with Crippen LogP contribution >= 0.6 is 0 Å². The minimum Gasteiger partial charge on any atom is -0.493 e. The monoisotopic (exact) mass is 392 g/mol. The van der Waals surface area contributed by atoms with E-state index in [0.717, 1.165) is 22.4 Å². The van der Waals surface area contributed by atoms with Gasteiger partial charge in [0.1, 0.15) is 0 Å². The molecule has 1 aromatic heterocycles. The van der Waals surface area contributed by atoms with E-state index in [1.165, 1.54) is 0 Å². The molecule has 1 amide bonds. The second-order valence-corrected chi connectivity index (χ2v) is 6.57. The van der Waals surface area contributed by atoms with Gasteiger partial charge in [0, 0.05) is 12.2 Å². The summed E-state index contributed by atoms with van der Waals surface area (Å²) in [5.74, 6) is 1.53. The van der Waals surface area contributed by atoms with Gasteiger partial charge in [-0.2, -0.15) is 0 Å². The Balaban J connectivity index is 1.63. The van der Waals surface area contributed by atoms with Crippen molar-refractivity contribution in [1.29, 1.82) is 0 Å². The van der Waals surface area contributed by atoms with Gasteiger partial charge < -0.3 is 20.1 Å². The van der Waals surface area contributed by atoms with Crippen LogP contribution in [0, 0.1) is 13.8 Å². The first-order chi connectivity index (χ1) is 14.0. The zero-order valence-corrected chi connectivity index (χ0v) is 16.9. The highest BCUT2D eigenvalue weighted by Crippen LogP contribution is 2.27. The molecule has 0 fully saturated rings. The van der Waals surface area contributed by atoms with Crippen LogP contribution in [0.4, 0.5) is 11.5 Å². The third kappa shape index (κ3) is 4.82. The molecule has 0 atom stereocenters. The molecule has 1 heterocycles. The summed E-state index contributed by atoms with van der Waals surface area (Å²) in [4.78, 5) is 12.4. The van der Waals surface area contributed by atoms with E-state index in [1.807, 2.05) is 44.2 Å². The molecule has 3 aromatic rings. The number of carbonyl (C=O) groups excluding carboxylic acids is 1. The molecule has 0 spiro atoms. The molecule has 0 radical (unpaired) electrons. The van der Waals surface area contributed by atoms with Crippen LogP contribution in [0.1, 0.15) is 27.2 Å². The molecule has 29 heavy (non-hydrogen) atoms. The lowest BCUT2D eigenvalue weighted by Crippen LogP contribution is -2.24. The summed E-state index contributed by atoms with van der Waals surface area (Å²) in [7, 11) is 3.15. The minimum atomic E-state index is -0.300. The van der Waals surface area contributed by atoms with Crippen LogP contribution < -0.4 is 20.1 Å². The zero-order valence-electron chi connectivity index (χ0n) is 16.9. The number of carbonyl (C=O) groups is 1. The molecule has 0 saturated heterocycles. The largest absolute Gasteiger partial charge is 0.493 e. The lowest BCUT2D eigenvalue weighted by Gasteiger charge is -2.12. The lowest BCUT2D eigenvalue weighted by atomic mass is 10.1. The van der Waals surface area contributed by atoms with Gasteiger partial charge in [-0.15, -0.1) is 10.2 Å². The van der Waals surface area contributed by atoms with Crippen molar-refractivity contribution in [2.24, 2.45) is 0 Å². The molecule has 0 aliphatic rings. The Morgan fingerprint density at radius 3 is 2.28 bits per heavy atom. The Labute approximate surface area is 170 Å². The maximum absolute atomic E-state index is 12.4. The summed E-state index contributed by atoms with van der Waals surface area (Å²) >= 11 is 0. The fourth-order valence-corrected chi connectivity index (χ4v) is 2.92. The van der Waals surface area contributed by atoms with Crippen molar-refractivity contribution in [3.8, 4) is 11.5 Å². The molecule has 2 N–H and O–H groups in total. The number of aromatic nitrogens is 2. The first-order valence-electron chi connectivity index (χ1n) is 9.18. The number of hydrogen-bond acceptors (Lipinski definition) is 6. The molecular weight excluding hydrogens is 368 g/mol. The van der Waals surface area contributed by atoms with Gasteiger partial charge in [0.15, 0.2) is 23.0 Å². The Kier molecular flexibility index (Phi) is 6.29. The predicted molar refractivity (Wildman–Crippen MR) is 112 cm³/mol. The number of aryl methyl sites for hydroxylation is 2. The number of para-hydroxylation sites is 1. The molecular formula is C22H24N4O3. The highest BCUT2D eigenvalue weighted by Gasteiger charge is 2.10. The van der Waals surface area contributed by atoms with Gasteiger partial charge in [-0.1, -0.05) is 24.3 Å². The number of hydrogen-bond donors (Lipinski definition) is 2. The van der Waals surface area contributed by atoms with Crippen LogP contribution in [0.25, 0.3) is 0 Å². The van der Waals surface area contributed by atoms with E-state index in [4.69, 9.17) is 9.47 Å². The van der Waals surface area contributed by atoms with Gasteiger partial charge in [-0.05, 0) is 54.8 Å². The number of amides is 1. The van der Waals surface area contributed by atoms with Crippen molar-refractivity contribution < 1.29 is 14.3 Å². The second kappa shape index (κ2) is 9.05. The highest BCUT2D eigenvalue weighted by molar-refractivity contribution is 5.92. The number of anilines is 2. The summed E-state index contributed by atoms with van der Waals surface area (Å²) in [6, 6.07) is 14.9. The van der Waals surface area contributed by atoms with Crippen LogP contribution in [0.3, 0.4) is 0 Å². The molecule has 2 aromatic carbocycles. The number of nitrogens with one attached hydrogen (secondary N) is 2. The summed E-state index contributed by atoms with van der Waals surface area (Å²) in [6.07, 6.45) is 0. The maximum atomic E-state index is 12.4. The van der Waals surface area contributed by atoms with E-state index in [9.17, 15) is 4.79 Å². The topological polar surface area (TPSA) is 85.4 Å². The van der Waals surface area contributed by atoms with Gasteiger partial charge >= 0.3 is 0 Å². The standard InChI is InChI=1S/C22H24N4O3/c1-14-6-5-7-15(2)21(14)24-20-11-9-17(25-26-20)22(27)23-13-16-8-10-18(28-3)19(12-16)29-4/h5-12H,13H2,1-4H3,(H,23,27)(H,24,26).